The Hall–Kier alpha value is -1.90. The highest BCUT2D eigenvalue weighted by Gasteiger charge is 2.50. The lowest BCUT2D eigenvalue weighted by Crippen LogP contribution is -2.46. The van der Waals surface area contributed by atoms with Gasteiger partial charge in [-0.2, -0.15) is 5.10 Å². The Bertz CT molecular complexity index is 756. The zero-order valence-corrected chi connectivity index (χ0v) is 15.4. The molecule has 1 aromatic heterocycles. The van der Waals surface area contributed by atoms with Crippen LogP contribution in [-0.4, -0.2) is 15.6 Å². The molecule has 0 unspecified atom stereocenters. The van der Waals surface area contributed by atoms with E-state index in [1.54, 1.807) is 6.20 Å². The van der Waals surface area contributed by atoms with E-state index < -0.39 is 0 Å². The third-order valence-electron chi connectivity index (χ3n) is 7.22. The second-order valence-electron chi connectivity index (χ2n) is 9.20. The van der Waals surface area contributed by atoms with E-state index in [1.165, 1.54) is 44.1 Å². The molecule has 4 saturated carbocycles. The topological polar surface area (TPSA) is 34.9 Å². The summed E-state index contributed by atoms with van der Waals surface area (Å²) in [5.41, 5.74) is 2.44. The molecule has 3 heteroatoms. The Balaban J connectivity index is 1.26. The van der Waals surface area contributed by atoms with Gasteiger partial charge in [0.15, 0.2) is 5.78 Å². The molecule has 4 bridgehead atoms. The summed E-state index contributed by atoms with van der Waals surface area (Å²) in [4.78, 5) is 12.9. The van der Waals surface area contributed by atoms with E-state index in [-0.39, 0.29) is 5.78 Å². The largest absolute Gasteiger partial charge is 0.292 e. The average molecular weight is 348 g/mol. The predicted molar refractivity (Wildman–Crippen MR) is 102 cm³/mol. The van der Waals surface area contributed by atoms with E-state index in [4.69, 9.17) is 0 Å². The van der Waals surface area contributed by atoms with Gasteiger partial charge in [0.1, 0.15) is 5.69 Å². The summed E-state index contributed by atoms with van der Waals surface area (Å²) in [5, 5.41) is 4.40. The fourth-order valence-corrected chi connectivity index (χ4v) is 6.55. The normalized spacial score (nSPS) is 32.1. The van der Waals surface area contributed by atoms with Crippen molar-refractivity contribution in [2.75, 3.05) is 0 Å². The monoisotopic (exact) mass is 348 g/mol. The van der Waals surface area contributed by atoms with Gasteiger partial charge in [0.25, 0.3) is 0 Å². The molecule has 1 aromatic carbocycles. The van der Waals surface area contributed by atoms with Crippen LogP contribution in [0.4, 0.5) is 0 Å². The van der Waals surface area contributed by atoms with Gasteiger partial charge in [0.05, 0.1) is 6.54 Å². The fourth-order valence-electron chi connectivity index (χ4n) is 6.55. The molecule has 1 heterocycles. The lowest BCUT2D eigenvalue weighted by Gasteiger charge is -2.57. The minimum absolute atomic E-state index is 0.272. The molecule has 136 valence electrons. The molecule has 0 atom stereocenters. The summed E-state index contributed by atoms with van der Waals surface area (Å²) >= 11 is 0. The van der Waals surface area contributed by atoms with Gasteiger partial charge >= 0.3 is 0 Å². The highest BCUT2D eigenvalue weighted by Crippen LogP contribution is 2.61. The Kier molecular flexibility index (Phi) is 3.99. The van der Waals surface area contributed by atoms with E-state index >= 15 is 0 Å². The zero-order valence-electron chi connectivity index (χ0n) is 15.4. The molecule has 0 radical (unpaired) electrons. The number of benzene rings is 1. The third kappa shape index (κ3) is 3.02. The number of hydrogen-bond donors (Lipinski definition) is 0. The van der Waals surface area contributed by atoms with Crippen molar-refractivity contribution in [3.63, 3.8) is 0 Å². The molecule has 0 amide bonds. The first-order valence-electron chi connectivity index (χ1n) is 10.3. The molecule has 4 aliphatic rings. The van der Waals surface area contributed by atoms with Crippen LogP contribution >= 0.6 is 0 Å². The fraction of sp³-hybridized carbons (Fsp3) is 0.565. The van der Waals surface area contributed by atoms with Crippen LogP contribution in [0.5, 0.6) is 0 Å². The van der Waals surface area contributed by atoms with Gasteiger partial charge in [0.2, 0.25) is 0 Å². The number of carbonyl (C=O) groups is 1. The van der Waals surface area contributed by atoms with Crippen molar-refractivity contribution in [1.29, 1.82) is 0 Å². The lowest BCUT2D eigenvalue weighted by atomic mass is 9.48. The number of nitrogens with zero attached hydrogens (tertiary/aromatic N) is 2. The number of hydrogen-bond acceptors (Lipinski definition) is 2. The Morgan fingerprint density at radius 1 is 1.00 bits per heavy atom. The van der Waals surface area contributed by atoms with Crippen LogP contribution in [0.3, 0.4) is 0 Å². The summed E-state index contributed by atoms with van der Waals surface area (Å²) in [7, 11) is 0. The van der Waals surface area contributed by atoms with Crippen molar-refractivity contribution in [1.82, 2.24) is 9.78 Å². The van der Waals surface area contributed by atoms with Crippen molar-refractivity contribution in [3.8, 4) is 0 Å². The zero-order chi connectivity index (χ0) is 17.6. The summed E-state index contributed by atoms with van der Waals surface area (Å²) < 4.78 is 1.87. The molecule has 0 aliphatic heterocycles. The highest BCUT2D eigenvalue weighted by molar-refractivity contribution is 5.94. The Morgan fingerprint density at radius 2 is 1.65 bits per heavy atom. The SMILES string of the molecule is O=C(CCC12CC3CC(CC(C3)C1)C2)c1ccnn1Cc1ccccc1. The quantitative estimate of drug-likeness (QED) is 0.680. The number of carbonyl (C=O) groups excluding carboxylic acids is 1. The summed E-state index contributed by atoms with van der Waals surface area (Å²) in [6, 6.07) is 12.2. The molecule has 6 rings (SSSR count). The third-order valence-corrected chi connectivity index (χ3v) is 7.22. The van der Waals surface area contributed by atoms with E-state index in [2.05, 4.69) is 17.2 Å². The van der Waals surface area contributed by atoms with Crippen LogP contribution in [-0.2, 0) is 6.54 Å². The molecule has 0 saturated heterocycles. The van der Waals surface area contributed by atoms with Gasteiger partial charge in [-0.05, 0) is 79.7 Å². The lowest BCUT2D eigenvalue weighted by molar-refractivity contribution is -0.0571. The van der Waals surface area contributed by atoms with Gasteiger partial charge in [0, 0.05) is 12.6 Å². The van der Waals surface area contributed by atoms with Crippen molar-refractivity contribution in [3.05, 3.63) is 53.9 Å². The van der Waals surface area contributed by atoms with Gasteiger partial charge in [-0.3, -0.25) is 9.48 Å². The van der Waals surface area contributed by atoms with E-state index in [0.29, 0.717) is 18.4 Å². The van der Waals surface area contributed by atoms with Crippen molar-refractivity contribution < 1.29 is 4.79 Å². The smallest absolute Gasteiger partial charge is 0.180 e. The second kappa shape index (κ2) is 6.37. The maximum atomic E-state index is 12.9. The maximum absolute atomic E-state index is 12.9. The molecule has 4 fully saturated rings. The number of rotatable bonds is 6. The van der Waals surface area contributed by atoms with Crippen LogP contribution in [0.2, 0.25) is 0 Å². The maximum Gasteiger partial charge on any atom is 0.180 e. The summed E-state index contributed by atoms with van der Waals surface area (Å²) in [6.45, 7) is 0.673. The number of Topliss-reactive ketones (excluding diaryl/α,β-unsaturated/α-hetero) is 1. The summed E-state index contributed by atoms with van der Waals surface area (Å²) in [5.74, 6) is 3.15. The molecule has 0 spiro atoms. The van der Waals surface area contributed by atoms with Gasteiger partial charge in [-0.15, -0.1) is 0 Å². The molecular formula is C23H28N2O. The number of ketones is 1. The van der Waals surface area contributed by atoms with Crippen LogP contribution in [0.25, 0.3) is 0 Å². The van der Waals surface area contributed by atoms with Crippen LogP contribution in [0.15, 0.2) is 42.6 Å². The first kappa shape index (κ1) is 16.3. The first-order valence-corrected chi connectivity index (χ1v) is 10.3. The Labute approximate surface area is 155 Å². The summed E-state index contributed by atoms with van der Waals surface area (Å²) in [6.07, 6.45) is 12.1. The molecule has 26 heavy (non-hydrogen) atoms. The van der Waals surface area contributed by atoms with Gasteiger partial charge in [-0.25, -0.2) is 0 Å². The molecule has 3 nitrogen and oxygen atoms in total. The minimum atomic E-state index is 0.272. The van der Waals surface area contributed by atoms with Crippen LogP contribution < -0.4 is 0 Å². The average Bonchev–Trinajstić information content (AvgIpc) is 3.08. The molecular weight excluding hydrogens is 320 g/mol. The standard InChI is InChI=1S/C23H28N2O/c26-22(21-7-9-24-25(21)16-17-4-2-1-3-5-17)6-8-23-13-18-10-19(14-23)12-20(11-18)15-23/h1-5,7,9,18-20H,6,8,10-16H2. The van der Waals surface area contributed by atoms with E-state index in [0.717, 1.165) is 29.9 Å². The highest BCUT2D eigenvalue weighted by atomic mass is 16.1. The van der Waals surface area contributed by atoms with E-state index in [9.17, 15) is 4.79 Å². The predicted octanol–water partition coefficient (Wildman–Crippen LogP) is 5.11. The molecule has 2 aromatic rings. The minimum Gasteiger partial charge on any atom is -0.292 e. The molecule has 0 N–H and O–H groups in total. The van der Waals surface area contributed by atoms with Crippen molar-refractivity contribution >= 4 is 5.78 Å². The van der Waals surface area contributed by atoms with Crippen LogP contribution in [0, 0.1) is 23.2 Å². The van der Waals surface area contributed by atoms with Gasteiger partial charge in [-0.1, -0.05) is 30.3 Å². The molecule has 4 aliphatic carbocycles. The van der Waals surface area contributed by atoms with Gasteiger partial charge < -0.3 is 0 Å². The van der Waals surface area contributed by atoms with Crippen LogP contribution in [0.1, 0.15) is 67.4 Å². The van der Waals surface area contributed by atoms with Crippen molar-refractivity contribution in [2.24, 2.45) is 23.2 Å². The van der Waals surface area contributed by atoms with Crippen molar-refractivity contribution in [2.45, 2.75) is 57.9 Å². The first-order chi connectivity index (χ1) is 12.7. The van der Waals surface area contributed by atoms with E-state index in [1.807, 2.05) is 28.9 Å². The number of aromatic nitrogens is 2. The Morgan fingerprint density at radius 3 is 2.31 bits per heavy atom. The second-order valence-corrected chi connectivity index (χ2v) is 9.20.